The predicted octanol–water partition coefficient (Wildman–Crippen LogP) is 1.24. The molecule has 0 saturated carbocycles. The van der Waals surface area contributed by atoms with E-state index in [0.29, 0.717) is 12.8 Å². The summed E-state index contributed by atoms with van der Waals surface area (Å²) in [6.07, 6.45) is 2.49. The highest BCUT2D eigenvalue weighted by Gasteiger charge is 2.09. The van der Waals surface area contributed by atoms with Gasteiger partial charge in [0, 0.05) is 6.42 Å². The van der Waals surface area contributed by atoms with Gasteiger partial charge in [-0.15, -0.1) is 0 Å². The molecule has 1 nitrogen and oxygen atoms in total. The summed E-state index contributed by atoms with van der Waals surface area (Å²) >= 11 is 0. The van der Waals surface area contributed by atoms with Gasteiger partial charge in [-0.1, -0.05) is 0 Å². The van der Waals surface area contributed by atoms with Crippen molar-refractivity contribution in [3.63, 3.8) is 0 Å². The quantitative estimate of drug-likeness (QED) is 0.463. The minimum Gasteiger partial charge on any atom is -0.295 e. The Hall–Kier alpha value is -0.660. The zero-order valence-electron chi connectivity index (χ0n) is 4.43. The molecule has 2 heteroatoms. The first kappa shape index (κ1) is 5.48. The molecular weight excluding hydrogens is 107 g/mol. The average Bonchev–Trinajstić information content (AvgIpc) is 1.77. The average molecular weight is 114 g/mol. The first-order valence-electron chi connectivity index (χ1n) is 2.64. The fourth-order valence-electron chi connectivity index (χ4n) is 0.671. The molecule has 0 aromatic heterocycles. The first-order valence-corrected chi connectivity index (χ1v) is 2.64. The van der Waals surface area contributed by atoms with Crippen LogP contribution in [0.5, 0.6) is 0 Å². The van der Waals surface area contributed by atoms with E-state index in [-0.39, 0.29) is 5.78 Å². The molecule has 1 unspecified atom stereocenters. The number of carbonyl (C=O) groups excluding carboxylic acids is 1. The standard InChI is InChI=1S/C6H7FO/c7-5-1-3-6(8)4-2-5/h1,3,5H,2,4H2. The molecule has 1 aliphatic rings. The second-order valence-corrected chi connectivity index (χ2v) is 1.88. The zero-order valence-corrected chi connectivity index (χ0v) is 4.43. The van der Waals surface area contributed by atoms with Gasteiger partial charge in [-0.3, -0.25) is 4.79 Å². The van der Waals surface area contributed by atoms with Crippen LogP contribution in [0.3, 0.4) is 0 Å². The fourth-order valence-corrected chi connectivity index (χ4v) is 0.671. The molecule has 0 N–H and O–H groups in total. The lowest BCUT2D eigenvalue weighted by Gasteiger charge is -2.04. The number of allylic oxidation sites excluding steroid dienone is 2. The molecule has 0 saturated heterocycles. The van der Waals surface area contributed by atoms with E-state index >= 15 is 0 Å². The van der Waals surface area contributed by atoms with Gasteiger partial charge in [0.25, 0.3) is 0 Å². The summed E-state index contributed by atoms with van der Waals surface area (Å²) in [6.45, 7) is 0. The molecule has 0 heterocycles. The van der Waals surface area contributed by atoms with Crippen LogP contribution in [0.1, 0.15) is 12.8 Å². The molecule has 1 atom stereocenters. The van der Waals surface area contributed by atoms with Crippen molar-refractivity contribution in [3.8, 4) is 0 Å². The minimum absolute atomic E-state index is 0.0406. The monoisotopic (exact) mass is 114 g/mol. The maximum atomic E-state index is 12.1. The van der Waals surface area contributed by atoms with E-state index in [0.717, 1.165) is 0 Å². The number of hydrogen-bond donors (Lipinski definition) is 0. The van der Waals surface area contributed by atoms with Gasteiger partial charge < -0.3 is 0 Å². The van der Waals surface area contributed by atoms with Gasteiger partial charge in [0.05, 0.1) is 0 Å². The van der Waals surface area contributed by atoms with Crippen LogP contribution in [0.15, 0.2) is 12.2 Å². The molecule has 0 bridgehead atoms. The Kier molecular flexibility index (Phi) is 1.42. The largest absolute Gasteiger partial charge is 0.295 e. The van der Waals surface area contributed by atoms with E-state index in [1.807, 2.05) is 0 Å². The Labute approximate surface area is 47.2 Å². The van der Waals surface area contributed by atoms with Crippen LogP contribution in [0.25, 0.3) is 0 Å². The Morgan fingerprint density at radius 3 is 2.88 bits per heavy atom. The minimum atomic E-state index is -0.882. The number of ketones is 1. The Bertz CT molecular complexity index is 128. The zero-order chi connectivity index (χ0) is 5.98. The van der Waals surface area contributed by atoms with E-state index in [9.17, 15) is 9.18 Å². The third kappa shape index (κ3) is 1.15. The topological polar surface area (TPSA) is 17.1 Å². The van der Waals surface area contributed by atoms with Crippen LogP contribution in [0, 0.1) is 0 Å². The van der Waals surface area contributed by atoms with E-state index in [4.69, 9.17) is 0 Å². The first-order chi connectivity index (χ1) is 3.79. The summed E-state index contributed by atoms with van der Waals surface area (Å²) in [5.74, 6) is 0.0406. The highest BCUT2D eigenvalue weighted by Crippen LogP contribution is 2.09. The highest BCUT2D eigenvalue weighted by molar-refractivity contribution is 5.90. The summed E-state index contributed by atoms with van der Waals surface area (Å²) in [6, 6.07) is 0. The SMILES string of the molecule is O=C1C=CC(F)CC1. The summed E-state index contributed by atoms with van der Waals surface area (Å²) in [7, 11) is 0. The van der Waals surface area contributed by atoms with Crippen molar-refractivity contribution in [1.29, 1.82) is 0 Å². The lowest BCUT2D eigenvalue weighted by atomic mass is 10.1. The van der Waals surface area contributed by atoms with Gasteiger partial charge in [0.1, 0.15) is 6.17 Å². The lowest BCUT2D eigenvalue weighted by molar-refractivity contribution is -0.115. The number of rotatable bonds is 0. The molecule has 0 fully saturated rings. The van der Waals surface area contributed by atoms with Crippen molar-refractivity contribution in [2.45, 2.75) is 19.0 Å². The maximum absolute atomic E-state index is 12.1. The van der Waals surface area contributed by atoms with Gasteiger partial charge >= 0.3 is 0 Å². The Morgan fingerprint density at radius 1 is 1.75 bits per heavy atom. The molecule has 0 spiro atoms. The molecule has 44 valence electrons. The smallest absolute Gasteiger partial charge is 0.155 e. The van der Waals surface area contributed by atoms with Crippen LogP contribution < -0.4 is 0 Å². The van der Waals surface area contributed by atoms with Crippen LogP contribution >= 0.6 is 0 Å². The molecule has 1 rings (SSSR count). The van der Waals surface area contributed by atoms with E-state index in [2.05, 4.69) is 0 Å². The molecule has 0 aromatic rings. The van der Waals surface area contributed by atoms with Crippen LogP contribution in [0.2, 0.25) is 0 Å². The molecular formula is C6H7FO. The number of halogens is 1. The van der Waals surface area contributed by atoms with Crippen molar-refractivity contribution >= 4 is 5.78 Å². The van der Waals surface area contributed by atoms with Gasteiger partial charge in [0.15, 0.2) is 5.78 Å². The third-order valence-corrected chi connectivity index (χ3v) is 1.16. The highest BCUT2D eigenvalue weighted by atomic mass is 19.1. The van der Waals surface area contributed by atoms with Gasteiger partial charge in [-0.05, 0) is 18.6 Å². The number of hydrogen-bond acceptors (Lipinski definition) is 1. The van der Waals surface area contributed by atoms with Crippen molar-refractivity contribution in [2.24, 2.45) is 0 Å². The van der Waals surface area contributed by atoms with Crippen molar-refractivity contribution < 1.29 is 9.18 Å². The number of alkyl halides is 1. The van der Waals surface area contributed by atoms with Gasteiger partial charge in [-0.25, -0.2) is 4.39 Å². The van der Waals surface area contributed by atoms with Crippen molar-refractivity contribution in [1.82, 2.24) is 0 Å². The maximum Gasteiger partial charge on any atom is 0.155 e. The third-order valence-electron chi connectivity index (χ3n) is 1.16. The van der Waals surface area contributed by atoms with Crippen molar-refractivity contribution in [3.05, 3.63) is 12.2 Å². The van der Waals surface area contributed by atoms with E-state index in [1.165, 1.54) is 12.2 Å². The molecule has 8 heavy (non-hydrogen) atoms. The summed E-state index contributed by atoms with van der Waals surface area (Å²) < 4.78 is 12.1. The van der Waals surface area contributed by atoms with Crippen molar-refractivity contribution in [2.75, 3.05) is 0 Å². The lowest BCUT2D eigenvalue weighted by Crippen LogP contribution is -2.06. The van der Waals surface area contributed by atoms with E-state index < -0.39 is 6.17 Å². The van der Waals surface area contributed by atoms with Gasteiger partial charge in [-0.2, -0.15) is 0 Å². The van der Waals surface area contributed by atoms with Gasteiger partial charge in [0.2, 0.25) is 0 Å². The fraction of sp³-hybridized carbons (Fsp3) is 0.500. The molecule has 0 aliphatic heterocycles. The summed E-state index contributed by atoms with van der Waals surface area (Å²) in [5.41, 5.74) is 0. The second-order valence-electron chi connectivity index (χ2n) is 1.88. The van der Waals surface area contributed by atoms with Crippen LogP contribution in [-0.2, 0) is 4.79 Å². The molecule has 0 amide bonds. The number of carbonyl (C=O) groups is 1. The molecule has 0 radical (unpaired) electrons. The predicted molar refractivity (Wildman–Crippen MR) is 28.3 cm³/mol. The van der Waals surface area contributed by atoms with E-state index in [1.54, 1.807) is 0 Å². The molecule has 1 aliphatic carbocycles. The Morgan fingerprint density at radius 2 is 2.50 bits per heavy atom. The van der Waals surface area contributed by atoms with Crippen LogP contribution in [0.4, 0.5) is 4.39 Å². The summed E-state index contributed by atoms with van der Waals surface area (Å²) in [5, 5.41) is 0. The normalized spacial score (nSPS) is 28.6. The Balaban J connectivity index is 2.55. The summed E-state index contributed by atoms with van der Waals surface area (Å²) in [4.78, 5) is 10.4. The molecule has 0 aromatic carbocycles. The van der Waals surface area contributed by atoms with Crippen LogP contribution in [-0.4, -0.2) is 12.0 Å². The second kappa shape index (κ2) is 2.07.